The molecular weight excluding hydrogens is 768 g/mol. The highest BCUT2D eigenvalue weighted by Gasteiger charge is 2.21. The Hall–Kier alpha value is -4.28. The molecule has 2 saturated heterocycles. The molecule has 2 atom stereocenters. The SMILES string of the molecule is CC[C@@H]1CN(c2ccc(Nc3nc(Br)cn4ccnc34)cc2)CCO1.OC[C@@H]1CN(c2ccc(Nc3nc(Br)cn4ccnc34)cc2)CCO1. The molecule has 6 aromatic rings. The quantitative estimate of drug-likeness (QED) is 0.161. The Kier molecular flexibility index (Phi) is 10.8. The molecule has 2 aliphatic heterocycles. The average Bonchev–Trinajstić information content (AvgIpc) is 3.83. The molecule has 8 rings (SSSR count). The van der Waals surface area contributed by atoms with Gasteiger partial charge in [-0.1, -0.05) is 6.92 Å². The zero-order valence-electron chi connectivity index (χ0n) is 27.5. The largest absolute Gasteiger partial charge is 0.394 e. The van der Waals surface area contributed by atoms with Crippen molar-refractivity contribution in [3.8, 4) is 0 Å². The standard InChI is InChI=1S/C18H20BrN5O.C17H18BrN5O2/c1-2-15-11-23(9-10-25-15)14-5-3-13(4-6-14)21-17-18-20-7-8-24(18)12-16(19)22-17;18-15-10-23-6-5-19-17(23)16(21-15)20-12-1-3-13(4-2-12)22-7-8-25-14(9-22)11-24/h3-8,12,15H,2,9-11H2,1H3,(H,21,22);1-6,10,14,24H,7-9,11H2,(H,20,21)/t15-;14-/m10/s1. The summed E-state index contributed by atoms with van der Waals surface area (Å²) >= 11 is 6.86. The Morgan fingerprint density at radius 3 is 1.64 bits per heavy atom. The van der Waals surface area contributed by atoms with Gasteiger partial charge in [0.05, 0.1) is 32.0 Å². The van der Waals surface area contributed by atoms with Crippen molar-refractivity contribution in [1.82, 2.24) is 28.7 Å². The van der Waals surface area contributed by atoms with Crippen molar-refractivity contribution in [1.29, 1.82) is 0 Å². The van der Waals surface area contributed by atoms with Crippen LogP contribution in [0.15, 0.2) is 94.9 Å². The molecule has 2 aromatic carbocycles. The van der Waals surface area contributed by atoms with Gasteiger partial charge in [0.25, 0.3) is 0 Å². The van der Waals surface area contributed by atoms with Crippen LogP contribution in [0.4, 0.5) is 34.4 Å². The van der Waals surface area contributed by atoms with E-state index in [1.807, 2.05) is 45.7 Å². The number of hydrogen-bond donors (Lipinski definition) is 3. The topological polar surface area (TPSA) is 130 Å². The van der Waals surface area contributed by atoms with Gasteiger partial charge in [0.15, 0.2) is 22.9 Å². The number of nitrogens with one attached hydrogen (secondary N) is 2. The summed E-state index contributed by atoms with van der Waals surface area (Å²) in [6.45, 7) is 7.05. The predicted molar refractivity (Wildman–Crippen MR) is 202 cm³/mol. The van der Waals surface area contributed by atoms with Crippen LogP contribution >= 0.6 is 31.9 Å². The molecule has 15 heteroatoms. The summed E-state index contributed by atoms with van der Waals surface area (Å²) < 4.78 is 16.6. The Morgan fingerprint density at radius 1 is 0.720 bits per heavy atom. The minimum Gasteiger partial charge on any atom is -0.394 e. The molecule has 0 unspecified atom stereocenters. The van der Waals surface area contributed by atoms with Gasteiger partial charge in [0, 0.05) is 86.1 Å². The minimum atomic E-state index is -0.119. The number of aliphatic hydroxyl groups is 1. The number of aliphatic hydroxyl groups excluding tert-OH is 1. The zero-order valence-corrected chi connectivity index (χ0v) is 30.7. The van der Waals surface area contributed by atoms with Crippen LogP contribution in [-0.4, -0.2) is 92.1 Å². The Bertz CT molecular complexity index is 1880. The van der Waals surface area contributed by atoms with E-state index in [9.17, 15) is 5.11 Å². The summed E-state index contributed by atoms with van der Waals surface area (Å²) in [4.78, 5) is 22.3. The summed E-state index contributed by atoms with van der Waals surface area (Å²) in [6, 6.07) is 16.6. The second-order valence-corrected chi connectivity index (χ2v) is 13.6. The van der Waals surface area contributed by atoms with Crippen LogP contribution in [0.25, 0.3) is 11.3 Å². The van der Waals surface area contributed by atoms with E-state index < -0.39 is 0 Å². The molecule has 0 spiro atoms. The molecule has 0 bridgehead atoms. The van der Waals surface area contributed by atoms with Crippen molar-refractivity contribution < 1.29 is 14.6 Å². The molecule has 260 valence electrons. The summed E-state index contributed by atoms with van der Waals surface area (Å²) in [5.74, 6) is 1.42. The van der Waals surface area contributed by atoms with Crippen LogP contribution in [0.5, 0.6) is 0 Å². The molecule has 3 N–H and O–H groups in total. The summed E-state index contributed by atoms with van der Waals surface area (Å²) in [5, 5.41) is 15.9. The van der Waals surface area contributed by atoms with Crippen molar-refractivity contribution in [3.63, 3.8) is 0 Å². The van der Waals surface area contributed by atoms with Crippen LogP contribution in [0.1, 0.15) is 13.3 Å². The molecule has 13 nitrogen and oxygen atoms in total. The third-order valence-corrected chi connectivity index (χ3v) is 9.38. The van der Waals surface area contributed by atoms with Gasteiger partial charge in [0.2, 0.25) is 0 Å². The fourth-order valence-electron chi connectivity index (χ4n) is 6.02. The first-order chi connectivity index (χ1) is 24.4. The number of nitrogens with zero attached hydrogens (tertiary/aromatic N) is 8. The van der Waals surface area contributed by atoms with E-state index in [4.69, 9.17) is 9.47 Å². The normalized spacial score (nSPS) is 17.8. The van der Waals surface area contributed by atoms with Gasteiger partial charge >= 0.3 is 0 Å². The zero-order chi connectivity index (χ0) is 34.5. The molecule has 50 heavy (non-hydrogen) atoms. The number of ether oxygens (including phenoxy) is 2. The lowest BCUT2D eigenvalue weighted by Crippen LogP contribution is -2.44. The van der Waals surface area contributed by atoms with Gasteiger partial charge in [0.1, 0.15) is 9.21 Å². The van der Waals surface area contributed by atoms with E-state index in [1.54, 1.807) is 12.4 Å². The van der Waals surface area contributed by atoms with Crippen LogP contribution in [-0.2, 0) is 9.47 Å². The maximum atomic E-state index is 9.27. The van der Waals surface area contributed by atoms with Gasteiger partial charge in [-0.2, -0.15) is 0 Å². The Balaban J connectivity index is 0.000000157. The molecule has 2 fully saturated rings. The number of halogens is 2. The molecule has 6 heterocycles. The second-order valence-electron chi connectivity index (χ2n) is 12.0. The van der Waals surface area contributed by atoms with Crippen LogP contribution in [0, 0.1) is 0 Å². The summed E-state index contributed by atoms with van der Waals surface area (Å²) in [6.07, 6.45) is 12.3. The Morgan fingerprint density at radius 2 is 1.18 bits per heavy atom. The van der Waals surface area contributed by atoms with Crippen molar-refractivity contribution in [3.05, 3.63) is 94.9 Å². The van der Waals surface area contributed by atoms with Crippen molar-refractivity contribution >= 4 is 77.5 Å². The molecular formula is C35H38Br2N10O3. The molecule has 2 aliphatic rings. The first-order valence-corrected chi connectivity index (χ1v) is 18.1. The van der Waals surface area contributed by atoms with E-state index in [-0.39, 0.29) is 12.7 Å². The van der Waals surface area contributed by atoms with E-state index in [0.717, 1.165) is 76.0 Å². The lowest BCUT2D eigenvalue weighted by atomic mass is 10.2. The fraction of sp³-hybridized carbons (Fsp3) is 0.314. The number of rotatable bonds is 8. The van der Waals surface area contributed by atoms with Crippen molar-refractivity contribution in [2.24, 2.45) is 0 Å². The third-order valence-electron chi connectivity index (χ3n) is 8.62. The Labute approximate surface area is 306 Å². The van der Waals surface area contributed by atoms with Crippen molar-refractivity contribution in [2.75, 3.05) is 66.4 Å². The first kappa shape index (κ1) is 34.2. The van der Waals surface area contributed by atoms with E-state index in [2.05, 4.69) is 116 Å². The molecule has 0 saturated carbocycles. The van der Waals surface area contributed by atoms with E-state index >= 15 is 0 Å². The van der Waals surface area contributed by atoms with Gasteiger partial charge < -0.3 is 43.8 Å². The number of morpholine rings is 2. The lowest BCUT2D eigenvalue weighted by molar-refractivity contribution is 0.00357. The highest BCUT2D eigenvalue weighted by atomic mass is 79.9. The van der Waals surface area contributed by atoms with Crippen LogP contribution in [0.2, 0.25) is 0 Å². The average molecular weight is 807 g/mol. The highest BCUT2D eigenvalue weighted by Crippen LogP contribution is 2.27. The predicted octanol–water partition coefficient (Wildman–Crippen LogP) is 6.28. The summed E-state index contributed by atoms with van der Waals surface area (Å²) in [7, 11) is 0. The number of anilines is 6. The lowest BCUT2D eigenvalue weighted by Gasteiger charge is -2.34. The fourth-order valence-corrected chi connectivity index (χ4v) is 6.82. The van der Waals surface area contributed by atoms with Gasteiger partial charge in [-0.05, 0) is 86.8 Å². The van der Waals surface area contributed by atoms with Gasteiger partial charge in [-0.25, -0.2) is 19.9 Å². The number of hydrogen-bond acceptors (Lipinski definition) is 11. The second kappa shape index (κ2) is 15.7. The molecule has 0 amide bonds. The smallest absolute Gasteiger partial charge is 0.180 e. The molecule has 0 aliphatic carbocycles. The van der Waals surface area contributed by atoms with E-state index in [1.165, 1.54) is 5.69 Å². The monoisotopic (exact) mass is 804 g/mol. The first-order valence-electron chi connectivity index (χ1n) is 16.5. The number of aromatic nitrogens is 6. The maximum absolute atomic E-state index is 9.27. The van der Waals surface area contributed by atoms with Crippen molar-refractivity contribution in [2.45, 2.75) is 25.6 Å². The molecule has 0 radical (unpaired) electrons. The maximum Gasteiger partial charge on any atom is 0.180 e. The summed E-state index contributed by atoms with van der Waals surface area (Å²) in [5.41, 5.74) is 5.82. The van der Waals surface area contributed by atoms with Gasteiger partial charge in [-0.3, -0.25) is 0 Å². The van der Waals surface area contributed by atoms with Crippen LogP contribution in [0.3, 0.4) is 0 Å². The highest BCUT2D eigenvalue weighted by molar-refractivity contribution is 9.10. The number of fused-ring (bicyclic) bond motifs is 2. The van der Waals surface area contributed by atoms with Gasteiger partial charge in [-0.15, -0.1) is 0 Å². The third kappa shape index (κ3) is 8.02. The minimum absolute atomic E-state index is 0.0466. The number of benzene rings is 2. The van der Waals surface area contributed by atoms with Crippen LogP contribution < -0.4 is 20.4 Å². The van der Waals surface area contributed by atoms with E-state index in [0.29, 0.717) is 25.1 Å². The number of imidazole rings is 2. The molecule has 4 aromatic heterocycles.